The Morgan fingerprint density at radius 3 is 2.46 bits per heavy atom. The van der Waals surface area contributed by atoms with E-state index in [1.54, 1.807) is 0 Å². The van der Waals surface area contributed by atoms with Gasteiger partial charge in [0.25, 0.3) is 0 Å². The molecule has 0 spiro atoms. The standard InChI is InChI=1S/C8H11NO4/c1-2-3-8(12)13-9-6(10)4-5-7(9)11/h4-5,10-11H,2-3H2,1H3. The molecule has 5 heteroatoms. The van der Waals surface area contributed by atoms with E-state index in [-0.39, 0.29) is 18.2 Å². The van der Waals surface area contributed by atoms with Crippen LogP contribution in [0.2, 0.25) is 0 Å². The van der Waals surface area contributed by atoms with Crippen molar-refractivity contribution >= 4 is 5.97 Å². The Hall–Kier alpha value is -1.65. The maximum atomic E-state index is 10.9. The highest BCUT2D eigenvalue weighted by molar-refractivity contribution is 5.69. The molecule has 0 bridgehead atoms. The van der Waals surface area contributed by atoms with Gasteiger partial charge in [-0.3, -0.25) is 0 Å². The van der Waals surface area contributed by atoms with Crippen molar-refractivity contribution in [3.63, 3.8) is 0 Å². The molecule has 0 radical (unpaired) electrons. The monoisotopic (exact) mass is 185 g/mol. The van der Waals surface area contributed by atoms with Gasteiger partial charge in [-0.2, -0.15) is 0 Å². The molecule has 0 atom stereocenters. The van der Waals surface area contributed by atoms with Gasteiger partial charge in [-0.15, -0.1) is 4.73 Å². The number of rotatable bonds is 3. The smallest absolute Gasteiger partial charge is 0.333 e. The highest BCUT2D eigenvalue weighted by Crippen LogP contribution is 2.18. The number of carbonyl (C=O) groups excluding carboxylic acids is 1. The molecular formula is C8H11NO4. The molecule has 0 aliphatic carbocycles. The number of nitrogens with zero attached hydrogens (tertiary/aromatic N) is 1. The van der Waals surface area contributed by atoms with E-state index in [2.05, 4.69) is 4.84 Å². The van der Waals surface area contributed by atoms with Crippen molar-refractivity contribution in [1.82, 2.24) is 4.73 Å². The molecule has 72 valence electrons. The second kappa shape index (κ2) is 3.84. The first-order chi connectivity index (χ1) is 6.15. The van der Waals surface area contributed by atoms with Crippen LogP contribution in [0, 0.1) is 0 Å². The highest BCUT2D eigenvalue weighted by atomic mass is 16.7. The molecule has 13 heavy (non-hydrogen) atoms. The molecule has 0 saturated carbocycles. The minimum Gasteiger partial charge on any atom is -0.492 e. The van der Waals surface area contributed by atoms with Crippen LogP contribution in [0.3, 0.4) is 0 Å². The number of hydrogen-bond acceptors (Lipinski definition) is 4. The quantitative estimate of drug-likeness (QED) is 0.725. The third kappa shape index (κ3) is 2.14. The largest absolute Gasteiger partial charge is 0.492 e. The molecule has 2 N–H and O–H groups in total. The van der Waals surface area contributed by atoms with E-state index < -0.39 is 5.97 Å². The number of carbonyl (C=O) groups is 1. The van der Waals surface area contributed by atoms with E-state index in [1.165, 1.54) is 12.1 Å². The summed E-state index contributed by atoms with van der Waals surface area (Å²) in [5.41, 5.74) is 0. The summed E-state index contributed by atoms with van der Waals surface area (Å²) in [6.45, 7) is 1.83. The van der Waals surface area contributed by atoms with E-state index in [0.717, 1.165) is 0 Å². The first-order valence-electron chi connectivity index (χ1n) is 3.96. The van der Waals surface area contributed by atoms with E-state index in [0.29, 0.717) is 11.2 Å². The Balaban J connectivity index is 2.68. The summed E-state index contributed by atoms with van der Waals surface area (Å²) in [5, 5.41) is 18.1. The fourth-order valence-corrected chi connectivity index (χ4v) is 0.847. The van der Waals surface area contributed by atoms with Gasteiger partial charge in [0.05, 0.1) is 0 Å². The molecule has 0 amide bonds. The van der Waals surface area contributed by atoms with Gasteiger partial charge in [-0.25, -0.2) is 4.79 Å². The maximum Gasteiger partial charge on any atom is 0.333 e. The van der Waals surface area contributed by atoms with Gasteiger partial charge in [-0.1, -0.05) is 6.92 Å². The SMILES string of the molecule is CCCC(=O)On1c(O)ccc1O. The summed E-state index contributed by atoms with van der Waals surface area (Å²) in [5.74, 6) is -1.10. The van der Waals surface area contributed by atoms with Crippen molar-refractivity contribution in [2.24, 2.45) is 0 Å². The lowest BCUT2D eigenvalue weighted by Crippen LogP contribution is -2.18. The molecule has 0 unspecified atom stereocenters. The summed E-state index contributed by atoms with van der Waals surface area (Å²) in [4.78, 5) is 15.6. The second-order valence-electron chi connectivity index (χ2n) is 2.56. The topological polar surface area (TPSA) is 71.7 Å². The van der Waals surface area contributed by atoms with Gasteiger partial charge >= 0.3 is 5.97 Å². The normalized spacial score (nSPS) is 9.92. The van der Waals surface area contributed by atoms with Crippen LogP contribution < -0.4 is 4.84 Å². The highest BCUT2D eigenvalue weighted by Gasteiger charge is 2.10. The van der Waals surface area contributed by atoms with Crippen LogP contribution in [-0.4, -0.2) is 20.9 Å². The van der Waals surface area contributed by atoms with E-state index in [9.17, 15) is 4.79 Å². The van der Waals surface area contributed by atoms with E-state index in [4.69, 9.17) is 10.2 Å². The molecule has 0 aromatic carbocycles. The molecule has 5 nitrogen and oxygen atoms in total. The Morgan fingerprint density at radius 1 is 1.46 bits per heavy atom. The molecule has 1 rings (SSSR count). The Morgan fingerprint density at radius 2 is 2.00 bits per heavy atom. The predicted molar refractivity (Wildman–Crippen MR) is 44.3 cm³/mol. The summed E-state index contributed by atoms with van der Waals surface area (Å²) >= 11 is 0. The first kappa shape index (κ1) is 9.44. The van der Waals surface area contributed by atoms with Crippen LogP contribution in [-0.2, 0) is 4.79 Å². The van der Waals surface area contributed by atoms with Crippen LogP contribution in [0.5, 0.6) is 11.8 Å². The summed E-state index contributed by atoms with van der Waals surface area (Å²) in [6.07, 6.45) is 0.901. The van der Waals surface area contributed by atoms with Gasteiger partial charge in [0.2, 0.25) is 11.8 Å². The van der Waals surface area contributed by atoms with E-state index >= 15 is 0 Å². The average Bonchev–Trinajstić information content (AvgIpc) is 2.36. The fourth-order valence-electron chi connectivity index (χ4n) is 0.847. The van der Waals surface area contributed by atoms with E-state index in [1.807, 2.05) is 6.92 Å². The summed E-state index contributed by atoms with van der Waals surface area (Å²) < 4.78 is 0.679. The van der Waals surface area contributed by atoms with Gasteiger partial charge in [0.15, 0.2) is 0 Å². The zero-order valence-corrected chi connectivity index (χ0v) is 7.23. The molecule has 0 aliphatic heterocycles. The average molecular weight is 185 g/mol. The molecular weight excluding hydrogens is 174 g/mol. The molecule has 0 aliphatic rings. The van der Waals surface area contributed by atoms with Crippen molar-refractivity contribution in [1.29, 1.82) is 0 Å². The molecule has 1 aromatic heterocycles. The number of aromatic hydroxyl groups is 2. The predicted octanol–water partition coefficient (Wildman–Crippen LogP) is 0.655. The summed E-state index contributed by atoms with van der Waals surface area (Å²) in [6, 6.07) is 2.46. The molecule has 0 fully saturated rings. The van der Waals surface area contributed by atoms with Crippen LogP contribution >= 0.6 is 0 Å². The third-order valence-electron chi connectivity index (χ3n) is 1.44. The van der Waals surface area contributed by atoms with Crippen LogP contribution in [0.4, 0.5) is 0 Å². The van der Waals surface area contributed by atoms with Crippen molar-refractivity contribution in [3.05, 3.63) is 12.1 Å². The van der Waals surface area contributed by atoms with Crippen molar-refractivity contribution in [2.45, 2.75) is 19.8 Å². The van der Waals surface area contributed by atoms with Crippen molar-refractivity contribution in [2.75, 3.05) is 0 Å². The van der Waals surface area contributed by atoms with Gasteiger partial charge < -0.3 is 15.1 Å². The lowest BCUT2D eigenvalue weighted by molar-refractivity contribution is -0.145. The van der Waals surface area contributed by atoms with Crippen LogP contribution in [0.15, 0.2) is 12.1 Å². The first-order valence-corrected chi connectivity index (χ1v) is 3.96. The van der Waals surface area contributed by atoms with Crippen LogP contribution in [0.1, 0.15) is 19.8 Å². The van der Waals surface area contributed by atoms with Gasteiger partial charge in [-0.05, 0) is 6.42 Å². The minimum absolute atomic E-state index is 0.247. The third-order valence-corrected chi connectivity index (χ3v) is 1.44. The second-order valence-corrected chi connectivity index (χ2v) is 2.56. The summed E-state index contributed by atoms with van der Waals surface area (Å²) in [7, 11) is 0. The lowest BCUT2D eigenvalue weighted by atomic mass is 10.3. The zero-order valence-electron chi connectivity index (χ0n) is 7.23. The molecule has 1 heterocycles. The Labute approximate surface area is 75.1 Å². The van der Waals surface area contributed by atoms with Crippen LogP contribution in [0.25, 0.3) is 0 Å². The number of aromatic nitrogens is 1. The fraction of sp³-hybridized carbons (Fsp3) is 0.375. The maximum absolute atomic E-state index is 10.9. The van der Waals surface area contributed by atoms with Gasteiger partial charge in [0, 0.05) is 18.6 Å². The number of hydrogen-bond donors (Lipinski definition) is 2. The van der Waals surface area contributed by atoms with Gasteiger partial charge in [0.1, 0.15) is 0 Å². The minimum atomic E-state index is -0.496. The van der Waals surface area contributed by atoms with Crippen molar-refractivity contribution in [3.8, 4) is 11.8 Å². The molecule has 1 aromatic rings. The Kier molecular flexibility index (Phi) is 2.79. The molecule has 0 saturated heterocycles. The zero-order chi connectivity index (χ0) is 9.84. The Bertz CT molecular complexity index is 286. The van der Waals surface area contributed by atoms with Crippen molar-refractivity contribution < 1.29 is 19.8 Å². The lowest BCUT2D eigenvalue weighted by Gasteiger charge is -2.05.